The van der Waals surface area contributed by atoms with Crippen molar-refractivity contribution in [3.05, 3.63) is 68.3 Å². The van der Waals surface area contributed by atoms with E-state index in [0.29, 0.717) is 34.3 Å². The minimum Gasteiger partial charge on any atom is -0.486 e. The Balaban J connectivity index is 1.82. The summed E-state index contributed by atoms with van der Waals surface area (Å²) < 4.78 is 19.4. The normalized spacial score (nSPS) is 16.9. The second-order valence-corrected chi connectivity index (χ2v) is 7.93. The van der Waals surface area contributed by atoms with Crippen molar-refractivity contribution in [2.45, 2.75) is 20.5 Å². The highest BCUT2D eigenvalue weighted by Gasteiger charge is 2.31. The number of hydrogen-bond donors (Lipinski definition) is 0. The molecule has 29 heavy (non-hydrogen) atoms. The summed E-state index contributed by atoms with van der Waals surface area (Å²) in [5.74, 6) is -0.188. The Kier molecular flexibility index (Phi) is 7.22. The van der Waals surface area contributed by atoms with Crippen LogP contribution in [0.3, 0.4) is 0 Å². The first-order chi connectivity index (χ1) is 13.9. The number of likely N-dealkylation sites (N-methyl/N-ethyl adjacent to an activating group) is 1. The van der Waals surface area contributed by atoms with Crippen molar-refractivity contribution in [1.82, 2.24) is 4.90 Å². The maximum Gasteiger partial charge on any atom is 0.266 e. The molecule has 1 amide bonds. The van der Waals surface area contributed by atoms with E-state index in [0.717, 1.165) is 0 Å². The van der Waals surface area contributed by atoms with Gasteiger partial charge in [-0.15, -0.1) is 0 Å². The number of thioether (sulfide) groups is 1. The molecule has 2 aromatic rings. The number of hydrogen-bond acceptors (Lipinski definition) is 4. The molecule has 2 aromatic carbocycles. The number of amidine groups is 1. The summed E-state index contributed by atoms with van der Waals surface area (Å²) in [7, 11) is 0. The Morgan fingerprint density at radius 2 is 1.90 bits per heavy atom. The lowest BCUT2D eigenvalue weighted by Crippen LogP contribution is -2.28. The van der Waals surface area contributed by atoms with Crippen LogP contribution >= 0.6 is 35.0 Å². The van der Waals surface area contributed by atoms with E-state index in [4.69, 9.17) is 27.9 Å². The third-order valence-corrected chi connectivity index (χ3v) is 5.75. The minimum atomic E-state index is -0.358. The third-order valence-electron chi connectivity index (χ3n) is 4.15. The molecule has 0 N–H and O–H groups in total. The van der Waals surface area contributed by atoms with Gasteiger partial charge < -0.3 is 4.74 Å². The molecule has 1 heterocycles. The molecule has 0 bridgehead atoms. The number of ether oxygens (including phenoxy) is 1. The molecule has 0 atom stereocenters. The van der Waals surface area contributed by atoms with E-state index in [1.54, 1.807) is 41.3 Å². The Hall–Kier alpha value is -2.02. The second-order valence-electron chi connectivity index (χ2n) is 6.11. The lowest BCUT2D eigenvalue weighted by atomic mass is 10.2. The quantitative estimate of drug-likeness (QED) is 0.502. The van der Waals surface area contributed by atoms with E-state index in [1.165, 1.54) is 17.8 Å². The average molecular weight is 453 g/mol. The fourth-order valence-corrected chi connectivity index (χ4v) is 4.48. The summed E-state index contributed by atoms with van der Waals surface area (Å²) in [6.45, 7) is 4.98. The lowest BCUT2D eigenvalue weighted by molar-refractivity contribution is -0.122. The van der Waals surface area contributed by atoms with E-state index in [1.807, 2.05) is 13.8 Å². The van der Waals surface area contributed by atoms with Crippen LogP contribution < -0.4 is 4.74 Å². The predicted molar refractivity (Wildman–Crippen MR) is 118 cm³/mol. The zero-order valence-corrected chi connectivity index (χ0v) is 18.2. The molecule has 3 rings (SSSR count). The summed E-state index contributed by atoms with van der Waals surface area (Å²) >= 11 is 14.0. The van der Waals surface area contributed by atoms with Crippen molar-refractivity contribution in [3.63, 3.8) is 0 Å². The van der Waals surface area contributed by atoms with E-state index >= 15 is 0 Å². The summed E-state index contributed by atoms with van der Waals surface area (Å²) in [6.07, 6.45) is 1.73. The number of aliphatic imine (C=N–C) groups is 1. The summed E-state index contributed by atoms with van der Waals surface area (Å²) in [5, 5.41) is 1.25. The van der Waals surface area contributed by atoms with Crippen molar-refractivity contribution in [3.8, 4) is 5.75 Å². The van der Waals surface area contributed by atoms with Crippen LogP contribution in [0.5, 0.6) is 5.75 Å². The van der Waals surface area contributed by atoms with Gasteiger partial charge in [-0.05, 0) is 55.4 Å². The van der Waals surface area contributed by atoms with E-state index in [2.05, 4.69) is 4.99 Å². The average Bonchev–Trinajstić information content (AvgIpc) is 2.97. The first-order valence-corrected chi connectivity index (χ1v) is 10.6. The first-order valence-electron chi connectivity index (χ1n) is 9.05. The molecule has 1 aliphatic heterocycles. The van der Waals surface area contributed by atoms with Crippen molar-refractivity contribution in [2.24, 2.45) is 4.99 Å². The molecule has 0 aromatic heterocycles. The van der Waals surface area contributed by atoms with Gasteiger partial charge >= 0.3 is 0 Å². The van der Waals surface area contributed by atoms with Crippen LogP contribution in [0.2, 0.25) is 10.0 Å². The van der Waals surface area contributed by atoms with Gasteiger partial charge in [0.15, 0.2) is 10.9 Å². The Morgan fingerprint density at radius 3 is 2.52 bits per heavy atom. The maximum absolute atomic E-state index is 13.8. The fourth-order valence-electron chi connectivity index (χ4n) is 2.76. The smallest absolute Gasteiger partial charge is 0.266 e. The maximum atomic E-state index is 13.8. The molecule has 0 unspecified atom stereocenters. The van der Waals surface area contributed by atoms with Crippen LogP contribution in [0.25, 0.3) is 6.08 Å². The van der Waals surface area contributed by atoms with Gasteiger partial charge in [0.2, 0.25) is 0 Å². The van der Waals surface area contributed by atoms with Crippen molar-refractivity contribution in [1.29, 1.82) is 0 Å². The highest BCUT2D eigenvalue weighted by Crippen LogP contribution is 2.37. The van der Waals surface area contributed by atoms with Crippen LogP contribution in [-0.2, 0) is 11.4 Å². The Labute approximate surface area is 183 Å². The van der Waals surface area contributed by atoms with Crippen LogP contribution in [0, 0.1) is 5.82 Å². The molecular formula is C21H19Cl2FN2O2S. The fraction of sp³-hybridized carbons (Fsp3) is 0.238. The SMILES string of the molecule is CCN=C1S/C(=C/c2cc(Cl)c(OCc3ccccc3F)c(Cl)c2)C(=O)N1CC. The molecule has 1 aliphatic rings. The molecule has 152 valence electrons. The number of rotatable bonds is 6. The van der Waals surface area contributed by atoms with Gasteiger partial charge in [-0.3, -0.25) is 14.7 Å². The zero-order chi connectivity index (χ0) is 21.0. The summed E-state index contributed by atoms with van der Waals surface area (Å²) in [5.41, 5.74) is 1.07. The van der Waals surface area contributed by atoms with E-state index in [9.17, 15) is 9.18 Å². The summed E-state index contributed by atoms with van der Waals surface area (Å²) in [4.78, 5) is 19.1. The molecule has 0 saturated carbocycles. The lowest BCUT2D eigenvalue weighted by Gasteiger charge is -2.12. The molecule has 0 aliphatic carbocycles. The van der Waals surface area contributed by atoms with E-state index in [-0.39, 0.29) is 34.1 Å². The van der Waals surface area contributed by atoms with Gasteiger partial charge in [0.05, 0.1) is 15.0 Å². The van der Waals surface area contributed by atoms with Gasteiger partial charge in [-0.2, -0.15) is 0 Å². The van der Waals surface area contributed by atoms with Gasteiger partial charge in [0.1, 0.15) is 12.4 Å². The second kappa shape index (κ2) is 9.65. The van der Waals surface area contributed by atoms with Gasteiger partial charge in [0.25, 0.3) is 5.91 Å². The number of carbonyl (C=O) groups is 1. The number of amides is 1. The monoisotopic (exact) mass is 452 g/mol. The molecular weight excluding hydrogens is 434 g/mol. The first kappa shape index (κ1) is 21.7. The van der Waals surface area contributed by atoms with Crippen LogP contribution in [0.1, 0.15) is 25.0 Å². The van der Waals surface area contributed by atoms with Crippen LogP contribution in [0.15, 0.2) is 46.3 Å². The number of nitrogens with zero attached hydrogens (tertiary/aromatic N) is 2. The highest BCUT2D eigenvalue weighted by molar-refractivity contribution is 8.18. The van der Waals surface area contributed by atoms with Crippen molar-refractivity contribution < 1.29 is 13.9 Å². The Bertz CT molecular complexity index is 971. The molecule has 1 saturated heterocycles. The number of benzene rings is 2. The third kappa shape index (κ3) is 4.94. The van der Waals surface area contributed by atoms with E-state index < -0.39 is 0 Å². The molecule has 4 nitrogen and oxygen atoms in total. The van der Waals surface area contributed by atoms with Gasteiger partial charge in [-0.25, -0.2) is 4.39 Å². The predicted octanol–water partition coefficient (Wildman–Crippen LogP) is 6.02. The Morgan fingerprint density at radius 1 is 1.21 bits per heavy atom. The molecule has 0 radical (unpaired) electrons. The van der Waals surface area contributed by atoms with Crippen molar-refractivity contribution in [2.75, 3.05) is 13.1 Å². The summed E-state index contributed by atoms with van der Waals surface area (Å²) in [6, 6.07) is 9.66. The van der Waals surface area contributed by atoms with Crippen LogP contribution in [-0.4, -0.2) is 29.1 Å². The largest absolute Gasteiger partial charge is 0.486 e. The van der Waals surface area contributed by atoms with Gasteiger partial charge in [-0.1, -0.05) is 41.4 Å². The highest BCUT2D eigenvalue weighted by atomic mass is 35.5. The number of halogens is 3. The molecule has 0 spiro atoms. The number of carbonyl (C=O) groups excluding carboxylic acids is 1. The standard InChI is InChI=1S/C21H19Cl2FN2O2S/c1-3-25-21-26(4-2)20(27)18(29-21)11-13-9-15(22)19(16(23)10-13)28-12-14-7-5-6-8-17(14)24/h5-11H,3-4,12H2,1-2H3/b18-11+,25-21?. The minimum absolute atomic E-state index is 0.00316. The van der Waals surface area contributed by atoms with Crippen LogP contribution in [0.4, 0.5) is 4.39 Å². The molecule has 1 fully saturated rings. The topological polar surface area (TPSA) is 41.9 Å². The van der Waals surface area contributed by atoms with Crippen molar-refractivity contribution >= 4 is 52.1 Å². The zero-order valence-electron chi connectivity index (χ0n) is 15.9. The molecule has 8 heteroatoms. The van der Waals surface area contributed by atoms with Gasteiger partial charge in [0, 0.05) is 18.7 Å².